The molecule has 0 aromatic carbocycles. The Labute approximate surface area is 109 Å². The maximum Gasteiger partial charge on any atom is 0.406 e. The van der Waals surface area contributed by atoms with Gasteiger partial charge in [-0.1, -0.05) is 0 Å². The zero-order chi connectivity index (χ0) is 14.0. The normalized spacial score (nSPS) is 16.2. The van der Waals surface area contributed by atoms with Crippen molar-refractivity contribution in [3.63, 3.8) is 0 Å². The van der Waals surface area contributed by atoms with Crippen molar-refractivity contribution in [1.82, 2.24) is 14.8 Å². The van der Waals surface area contributed by atoms with Crippen molar-refractivity contribution in [2.24, 2.45) is 0 Å². The van der Waals surface area contributed by atoms with Gasteiger partial charge in [0.25, 0.3) is 5.91 Å². The van der Waals surface area contributed by atoms with Crippen LogP contribution in [0.25, 0.3) is 0 Å². The van der Waals surface area contributed by atoms with Crippen LogP contribution in [-0.2, 0) is 6.54 Å². The third-order valence-electron chi connectivity index (χ3n) is 3.20. The number of rotatable bonds is 4. The molecule has 2 heterocycles. The van der Waals surface area contributed by atoms with Crippen molar-refractivity contribution in [3.8, 4) is 0 Å². The fraction of sp³-hybridized carbons (Fsp3) is 0.583. The lowest BCUT2D eigenvalue weighted by atomic mass is 10.1. The molecule has 1 aromatic heterocycles. The van der Waals surface area contributed by atoms with E-state index in [9.17, 15) is 18.0 Å². The Hall–Kier alpha value is -1.50. The number of likely N-dealkylation sites (N-methyl/N-ethyl adjacent to an activating group) is 1. The highest BCUT2D eigenvalue weighted by Crippen LogP contribution is 2.20. The minimum absolute atomic E-state index is 0.0757. The molecule has 106 valence electrons. The summed E-state index contributed by atoms with van der Waals surface area (Å²) in [5.41, 5.74) is 0.0890. The van der Waals surface area contributed by atoms with Gasteiger partial charge in [-0.3, -0.25) is 4.79 Å². The first-order valence-corrected chi connectivity index (χ1v) is 6.16. The van der Waals surface area contributed by atoms with Crippen molar-refractivity contribution in [3.05, 3.63) is 24.0 Å². The zero-order valence-corrected chi connectivity index (χ0v) is 10.6. The number of carbonyl (C=O) groups excluding carboxylic acids is 1. The van der Waals surface area contributed by atoms with Crippen molar-refractivity contribution < 1.29 is 18.0 Å². The fourth-order valence-corrected chi connectivity index (χ4v) is 2.15. The maximum atomic E-state index is 12.4. The molecule has 0 radical (unpaired) electrons. The van der Waals surface area contributed by atoms with E-state index in [4.69, 9.17) is 0 Å². The van der Waals surface area contributed by atoms with Crippen LogP contribution >= 0.6 is 0 Å². The molecule has 0 saturated carbocycles. The molecule has 19 heavy (non-hydrogen) atoms. The first kappa shape index (κ1) is 13.9. The van der Waals surface area contributed by atoms with Crippen molar-refractivity contribution in [2.75, 3.05) is 19.6 Å². The van der Waals surface area contributed by atoms with Gasteiger partial charge in [-0.05, 0) is 19.1 Å². The lowest BCUT2D eigenvalue weighted by Crippen LogP contribution is -2.59. The molecule has 1 amide bonds. The SMILES string of the molecule is CCN(C(=O)c1cccn1CC(F)(F)F)C1CNC1. The van der Waals surface area contributed by atoms with Gasteiger partial charge in [0.1, 0.15) is 12.2 Å². The van der Waals surface area contributed by atoms with E-state index in [1.807, 2.05) is 6.92 Å². The molecular weight excluding hydrogens is 259 g/mol. The molecule has 7 heteroatoms. The number of amides is 1. The molecule has 1 saturated heterocycles. The fourth-order valence-electron chi connectivity index (χ4n) is 2.15. The summed E-state index contributed by atoms with van der Waals surface area (Å²) in [7, 11) is 0. The van der Waals surface area contributed by atoms with Gasteiger partial charge < -0.3 is 14.8 Å². The summed E-state index contributed by atoms with van der Waals surface area (Å²) in [6.45, 7) is 2.57. The first-order chi connectivity index (χ1) is 8.92. The van der Waals surface area contributed by atoms with Crippen LogP contribution in [0.3, 0.4) is 0 Å². The largest absolute Gasteiger partial charge is 0.406 e. The second-order valence-electron chi connectivity index (χ2n) is 4.54. The lowest BCUT2D eigenvalue weighted by molar-refractivity contribution is -0.140. The summed E-state index contributed by atoms with van der Waals surface area (Å²) in [4.78, 5) is 13.9. The highest BCUT2D eigenvalue weighted by Gasteiger charge is 2.32. The van der Waals surface area contributed by atoms with Gasteiger partial charge in [0.2, 0.25) is 0 Å². The molecule has 0 unspecified atom stereocenters. The third kappa shape index (κ3) is 3.09. The Morgan fingerprint density at radius 2 is 2.21 bits per heavy atom. The molecule has 1 aliphatic rings. The summed E-state index contributed by atoms with van der Waals surface area (Å²) in [6, 6.07) is 2.97. The number of hydrogen-bond acceptors (Lipinski definition) is 2. The van der Waals surface area contributed by atoms with Crippen molar-refractivity contribution in [1.29, 1.82) is 0 Å². The molecule has 0 spiro atoms. The van der Waals surface area contributed by atoms with Crippen LogP contribution in [0, 0.1) is 0 Å². The molecular formula is C12H16F3N3O. The molecule has 1 aromatic rings. The number of aromatic nitrogens is 1. The number of hydrogen-bond donors (Lipinski definition) is 1. The minimum atomic E-state index is -4.33. The predicted molar refractivity (Wildman–Crippen MR) is 63.9 cm³/mol. The van der Waals surface area contributed by atoms with Gasteiger partial charge in [-0.2, -0.15) is 13.2 Å². The van der Waals surface area contributed by atoms with Gasteiger partial charge in [-0.25, -0.2) is 0 Å². The van der Waals surface area contributed by atoms with Crippen LogP contribution in [0.1, 0.15) is 17.4 Å². The maximum absolute atomic E-state index is 12.4. The van der Waals surface area contributed by atoms with E-state index < -0.39 is 12.7 Å². The zero-order valence-electron chi connectivity index (χ0n) is 10.6. The topological polar surface area (TPSA) is 37.3 Å². The monoisotopic (exact) mass is 275 g/mol. The van der Waals surface area contributed by atoms with Crippen LogP contribution in [-0.4, -0.2) is 47.2 Å². The number of nitrogens with zero attached hydrogens (tertiary/aromatic N) is 2. The Morgan fingerprint density at radius 3 is 2.68 bits per heavy atom. The van der Waals surface area contributed by atoms with E-state index in [2.05, 4.69) is 5.32 Å². The van der Waals surface area contributed by atoms with Crippen LogP contribution < -0.4 is 5.32 Å². The number of alkyl halides is 3. The summed E-state index contributed by atoms with van der Waals surface area (Å²) in [6.07, 6.45) is -3.04. The molecule has 1 aliphatic heterocycles. The van der Waals surface area contributed by atoms with Crippen LogP contribution in [0.15, 0.2) is 18.3 Å². The molecule has 2 rings (SSSR count). The Bertz CT molecular complexity index is 451. The molecule has 1 fully saturated rings. The second kappa shape index (κ2) is 5.24. The summed E-state index contributed by atoms with van der Waals surface area (Å²) in [5.74, 6) is -0.344. The summed E-state index contributed by atoms with van der Waals surface area (Å²) in [5, 5.41) is 3.05. The summed E-state index contributed by atoms with van der Waals surface area (Å²) < 4.78 is 38.2. The Morgan fingerprint density at radius 1 is 1.53 bits per heavy atom. The van der Waals surface area contributed by atoms with E-state index in [1.165, 1.54) is 18.3 Å². The standard InChI is InChI=1S/C12H16F3N3O/c1-2-18(9-6-16-7-9)11(19)10-4-3-5-17(10)8-12(13,14)15/h3-5,9,16H,2,6-8H2,1H3. The van der Waals surface area contributed by atoms with E-state index in [0.29, 0.717) is 19.6 Å². The third-order valence-corrected chi connectivity index (χ3v) is 3.20. The molecule has 0 aliphatic carbocycles. The summed E-state index contributed by atoms with van der Waals surface area (Å²) >= 11 is 0. The van der Waals surface area contributed by atoms with Gasteiger partial charge in [0.15, 0.2) is 0 Å². The van der Waals surface area contributed by atoms with Crippen LogP contribution in [0.5, 0.6) is 0 Å². The van der Waals surface area contributed by atoms with Crippen molar-refractivity contribution >= 4 is 5.91 Å². The van der Waals surface area contributed by atoms with Gasteiger partial charge in [0, 0.05) is 25.8 Å². The quantitative estimate of drug-likeness (QED) is 0.904. The minimum Gasteiger partial charge on any atom is -0.334 e. The number of carbonyl (C=O) groups is 1. The highest BCUT2D eigenvalue weighted by molar-refractivity contribution is 5.93. The molecule has 0 atom stereocenters. The van der Waals surface area contributed by atoms with Crippen LogP contribution in [0.2, 0.25) is 0 Å². The van der Waals surface area contributed by atoms with Gasteiger partial charge >= 0.3 is 6.18 Å². The Balaban J connectivity index is 2.16. The first-order valence-electron chi connectivity index (χ1n) is 6.16. The lowest BCUT2D eigenvalue weighted by Gasteiger charge is -2.37. The van der Waals surface area contributed by atoms with E-state index in [0.717, 1.165) is 4.57 Å². The average molecular weight is 275 g/mol. The van der Waals surface area contributed by atoms with Crippen LogP contribution in [0.4, 0.5) is 13.2 Å². The molecule has 0 bridgehead atoms. The predicted octanol–water partition coefficient (Wildman–Crippen LogP) is 1.48. The smallest absolute Gasteiger partial charge is 0.334 e. The average Bonchev–Trinajstić information content (AvgIpc) is 2.67. The highest BCUT2D eigenvalue weighted by atomic mass is 19.4. The number of nitrogens with one attached hydrogen (secondary N) is 1. The van der Waals surface area contributed by atoms with Gasteiger partial charge in [0.05, 0.1) is 6.04 Å². The van der Waals surface area contributed by atoms with E-state index in [-0.39, 0.29) is 17.6 Å². The van der Waals surface area contributed by atoms with E-state index >= 15 is 0 Å². The van der Waals surface area contributed by atoms with E-state index in [1.54, 1.807) is 4.90 Å². The van der Waals surface area contributed by atoms with Crippen molar-refractivity contribution in [2.45, 2.75) is 25.7 Å². The molecule has 1 N–H and O–H groups in total. The number of halogens is 3. The molecule has 4 nitrogen and oxygen atoms in total. The Kier molecular flexibility index (Phi) is 3.84. The second-order valence-corrected chi connectivity index (χ2v) is 4.54. The van der Waals surface area contributed by atoms with Gasteiger partial charge in [-0.15, -0.1) is 0 Å².